The molecule has 0 radical (unpaired) electrons. The molecule has 0 aromatic heterocycles. The quantitative estimate of drug-likeness (QED) is 0.784. The second kappa shape index (κ2) is 8.05. The van der Waals surface area contributed by atoms with Gasteiger partial charge in [0.1, 0.15) is 0 Å². The fourth-order valence-corrected chi connectivity index (χ4v) is 4.05. The van der Waals surface area contributed by atoms with Crippen molar-refractivity contribution in [1.29, 1.82) is 0 Å². The molecule has 2 rings (SSSR count). The number of nitrogens with one attached hydrogen (secondary N) is 1. The van der Waals surface area contributed by atoms with Crippen LogP contribution in [0, 0.1) is 17.8 Å². The third kappa shape index (κ3) is 4.49. The van der Waals surface area contributed by atoms with Gasteiger partial charge < -0.3 is 5.32 Å². The average Bonchev–Trinajstić information content (AvgIpc) is 2.42. The molecule has 1 nitrogen and oxygen atoms in total. The fraction of sp³-hybridized carbons (Fsp3) is 0.667. The molecule has 1 fully saturated rings. The Morgan fingerprint density at radius 2 is 2.10 bits per heavy atom. The summed E-state index contributed by atoms with van der Waals surface area (Å²) in [7, 11) is 2.08. The third-order valence-electron chi connectivity index (χ3n) is 4.80. The minimum Gasteiger partial charge on any atom is -0.319 e. The lowest BCUT2D eigenvalue weighted by Gasteiger charge is -2.36. The monoisotopic (exact) mass is 293 g/mol. The van der Waals surface area contributed by atoms with Crippen LogP contribution in [0.25, 0.3) is 0 Å². The molecular weight excluding hydrogens is 266 g/mol. The van der Waals surface area contributed by atoms with Gasteiger partial charge in [-0.3, -0.25) is 0 Å². The Kier molecular flexibility index (Phi) is 6.38. The third-order valence-corrected chi connectivity index (χ3v) is 5.03. The molecule has 0 spiro atoms. The van der Waals surface area contributed by atoms with E-state index in [4.69, 9.17) is 11.6 Å². The number of hydrogen-bond donors (Lipinski definition) is 1. The lowest BCUT2D eigenvalue weighted by Crippen LogP contribution is -2.33. The molecule has 0 aliphatic heterocycles. The minimum absolute atomic E-state index is 0.811. The Balaban J connectivity index is 2.02. The van der Waals surface area contributed by atoms with Crippen LogP contribution >= 0.6 is 11.6 Å². The van der Waals surface area contributed by atoms with Crippen molar-refractivity contribution < 1.29 is 0 Å². The van der Waals surface area contributed by atoms with E-state index >= 15 is 0 Å². The topological polar surface area (TPSA) is 12.0 Å². The van der Waals surface area contributed by atoms with Gasteiger partial charge in [-0.15, -0.1) is 0 Å². The zero-order valence-corrected chi connectivity index (χ0v) is 13.6. The van der Waals surface area contributed by atoms with Gasteiger partial charge in [0, 0.05) is 5.02 Å². The Morgan fingerprint density at radius 1 is 1.25 bits per heavy atom. The molecule has 1 saturated carbocycles. The van der Waals surface area contributed by atoms with Crippen molar-refractivity contribution in [3.8, 4) is 0 Å². The molecule has 2 heteroatoms. The molecule has 1 aromatic rings. The summed E-state index contributed by atoms with van der Waals surface area (Å²) in [5.74, 6) is 2.58. The number of halogens is 1. The van der Waals surface area contributed by atoms with Crippen molar-refractivity contribution in [2.75, 3.05) is 13.6 Å². The van der Waals surface area contributed by atoms with Crippen molar-refractivity contribution in [3.63, 3.8) is 0 Å². The normalized spacial score (nSPS) is 26.6. The predicted octanol–water partition coefficient (Wildman–Crippen LogP) is 4.93. The highest BCUT2D eigenvalue weighted by Crippen LogP contribution is 2.37. The average molecular weight is 294 g/mol. The maximum Gasteiger partial charge on any atom is 0.0408 e. The molecule has 1 aromatic carbocycles. The van der Waals surface area contributed by atoms with Crippen molar-refractivity contribution in [2.45, 2.75) is 45.4 Å². The first-order valence-corrected chi connectivity index (χ1v) is 8.49. The molecule has 0 amide bonds. The Hall–Kier alpha value is -0.530. The van der Waals surface area contributed by atoms with Crippen molar-refractivity contribution >= 4 is 11.6 Å². The highest BCUT2D eigenvalue weighted by atomic mass is 35.5. The van der Waals surface area contributed by atoms with Crippen molar-refractivity contribution in [1.82, 2.24) is 5.32 Å². The van der Waals surface area contributed by atoms with E-state index < -0.39 is 0 Å². The molecular formula is C18H28ClN. The summed E-state index contributed by atoms with van der Waals surface area (Å²) in [4.78, 5) is 0. The number of benzene rings is 1. The molecule has 1 N–H and O–H groups in total. The Labute approximate surface area is 129 Å². The first kappa shape index (κ1) is 15.9. The maximum atomic E-state index is 6.13. The summed E-state index contributed by atoms with van der Waals surface area (Å²) in [5, 5.41) is 4.25. The van der Waals surface area contributed by atoms with Crippen molar-refractivity contribution in [2.24, 2.45) is 17.8 Å². The van der Waals surface area contributed by atoms with Gasteiger partial charge in [-0.1, -0.05) is 49.9 Å². The van der Waals surface area contributed by atoms with Crippen LogP contribution in [0.3, 0.4) is 0 Å². The summed E-state index contributed by atoms with van der Waals surface area (Å²) >= 11 is 6.13. The molecule has 20 heavy (non-hydrogen) atoms. The second-order valence-electron chi connectivity index (χ2n) is 6.38. The number of hydrogen-bond acceptors (Lipinski definition) is 1. The summed E-state index contributed by atoms with van der Waals surface area (Å²) < 4.78 is 0. The molecule has 1 aliphatic carbocycles. The Bertz CT molecular complexity index is 404. The molecule has 1 aliphatic rings. The fourth-order valence-electron chi connectivity index (χ4n) is 3.84. The van der Waals surface area contributed by atoms with Crippen molar-refractivity contribution in [3.05, 3.63) is 34.9 Å². The summed E-state index contributed by atoms with van der Waals surface area (Å²) in [6.07, 6.45) is 8.12. The SMILES string of the molecule is CCCC1CCC(CNC)C(Cc2cccc(Cl)c2)C1. The van der Waals surface area contributed by atoms with Crippen LogP contribution in [-0.4, -0.2) is 13.6 Å². The van der Waals surface area contributed by atoms with Gasteiger partial charge in [-0.05, 0) is 68.3 Å². The van der Waals surface area contributed by atoms with E-state index in [-0.39, 0.29) is 0 Å². The zero-order chi connectivity index (χ0) is 14.4. The van der Waals surface area contributed by atoms with Crippen LogP contribution in [0.4, 0.5) is 0 Å². The van der Waals surface area contributed by atoms with Crippen LogP contribution in [0.15, 0.2) is 24.3 Å². The minimum atomic E-state index is 0.811. The first-order valence-electron chi connectivity index (χ1n) is 8.12. The molecule has 0 bridgehead atoms. The smallest absolute Gasteiger partial charge is 0.0408 e. The van der Waals surface area contributed by atoms with E-state index in [2.05, 4.69) is 37.5 Å². The summed E-state index contributed by atoms with van der Waals surface area (Å²) in [6.45, 7) is 3.47. The molecule has 112 valence electrons. The van der Waals surface area contributed by atoms with Crippen LogP contribution in [0.1, 0.15) is 44.6 Å². The van der Waals surface area contributed by atoms with Gasteiger partial charge in [0.15, 0.2) is 0 Å². The highest BCUT2D eigenvalue weighted by Gasteiger charge is 2.29. The van der Waals surface area contributed by atoms with E-state index in [0.717, 1.165) is 29.3 Å². The van der Waals surface area contributed by atoms with Gasteiger partial charge >= 0.3 is 0 Å². The largest absolute Gasteiger partial charge is 0.319 e. The van der Waals surface area contributed by atoms with Crippen LogP contribution < -0.4 is 5.32 Å². The maximum absolute atomic E-state index is 6.13. The van der Waals surface area contributed by atoms with Crippen LogP contribution in [-0.2, 0) is 6.42 Å². The van der Waals surface area contributed by atoms with Crippen LogP contribution in [0.2, 0.25) is 5.02 Å². The summed E-state index contributed by atoms with van der Waals surface area (Å²) in [5.41, 5.74) is 1.40. The van der Waals surface area contributed by atoms with Gasteiger partial charge in [0.05, 0.1) is 0 Å². The van der Waals surface area contributed by atoms with Gasteiger partial charge in [-0.25, -0.2) is 0 Å². The Morgan fingerprint density at radius 3 is 2.80 bits per heavy atom. The standard InChI is InChI=1S/C18H28ClN/c1-3-5-14-8-9-16(13-20-2)17(10-14)11-15-6-4-7-18(19)12-15/h4,6-7,12,14,16-17,20H,3,5,8-11,13H2,1-2H3. The van der Waals surface area contributed by atoms with Gasteiger partial charge in [0.2, 0.25) is 0 Å². The molecule has 3 atom stereocenters. The lowest BCUT2D eigenvalue weighted by molar-refractivity contribution is 0.169. The zero-order valence-electron chi connectivity index (χ0n) is 12.9. The highest BCUT2D eigenvalue weighted by molar-refractivity contribution is 6.30. The summed E-state index contributed by atoms with van der Waals surface area (Å²) in [6, 6.07) is 8.42. The molecule has 0 saturated heterocycles. The van der Waals surface area contributed by atoms with E-state index in [0.29, 0.717) is 0 Å². The molecule has 3 unspecified atom stereocenters. The van der Waals surface area contributed by atoms with E-state index in [1.54, 1.807) is 0 Å². The van der Waals surface area contributed by atoms with Gasteiger partial charge in [0.25, 0.3) is 0 Å². The lowest BCUT2D eigenvalue weighted by atomic mass is 9.70. The van der Waals surface area contributed by atoms with E-state index in [1.165, 1.54) is 44.1 Å². The van der Waals surface area contributed by atoms with Crippen LogP contribution in [0.5, 0.6) is 0 Å². The van der Waals surface area contributed by atoms with E-state index in [9.17, 15) is 0 Å². The predicted molar refractivity (Wildman–Crippen MR) is 88.3 cm³/mol. The van der Waals surface area contributed by atoms with Gasteiger partial charge in [-0.2, -0.15) is 0 Å². The first-order chi connectivity index (χ1) is 9.72. The second-order valence-corrected chi connectivity index (χ2v) is 6.82. The molecule has 0 heterocycles. The van der Waals surface area contributed by atoms with E-state index in [1.807, 2.05) is 6.07 Å². The number of rotatable bonds is 6.